The van der Waals surface area contributed by atoms with Crippen LogP contribution in [0.3, 0.4) is 0 Å². The van der Waals surface area contributed by atoms with E-state index in [4.69, 9.17) is 0 Å². The van der Waals surface area contributed by atoms with Gasteiger partial charge in [-0.15, -0.1) is 0 Å². The van der Waals surface area contributed by atoms with Crippen LogP contribution in [-0.4, -0.2) is 46.1 Å². The fourth-order valence-electron chi connectivity index (χ4n) is 0. The normalized spacial score (nSPS) is 0. The van der Waals surface area contributed by atoms with E-state index in [1.165, 1.54) is 0 Å². The summed E-state index contributed by atoms with van der Waals surface area (Å²) in [5.74, 6) is 0. The molecule has 0 amide bonds. The van der Waals surface area contributed by atoms with Crippen molar-refractivity contribution < 1.29 is 111 Å². The van der Waals surface area contributed by atoms with Gasteiger partial charge in [0.05, 0.1) is 0 Å². The van der Waals surface area contributed by atoms with Crippen LogP contribution >= 0.6 is 0 Å². The molecule has 42 valence electrons. The molecule has 9 heavy (non-hydrogen) atoms. The van der Waals surface area contributed by atoms with Crippen molar-refractivity contribution >= 4 is 46.1 Å². The SMILES string of the molecule is [Ce+3].[Ce+3].[Mg+2].[Mg+2].[O-2].[O-2].[O-2].[O-2].[O-2]. The van der Waals surface area contributed by atoms with Crippen LogP contribution < -0.4 is 0 Å². The summed E-state index contributed by atoms with van der Waals surface area (Å²) in [6, 6.07) is 0. The summed E-state index contributed by atoms with van der Waals surface area (Å²) in [6.07, 6.45) is 0. The van der Waals surface area contributed by atoms with E-state index in [1.54, 1.807) is 0 Å². The molecule has 5 nitrogen and oxygen atoms in total. The average molecular weight is 409 g/mol. The summed E-state index contributed by atoms with van der Waals surface area (Å²) in [4.78, 5) is 0. The Bertz CT molecular complexity index is 12.9. The van der Waals surface area contributed by atoms with Gasteiger partial charge in [0.1, 0.15) is 0 Å². The van der Waals surface area contributed by atoms with Gasteiger partial charge < -0.3 is 27.4 Å². The summed E-state index contributed by atoms with van der Waals surface area (Å²) >= 11 is 0. The molecular formula is Ce2Mg2O5. The molecule has 0 aliphatic heterocycles. The largest absolute Gasteiger partial charge is 3.00 e. The predicted octanol–water partition coefficient (Wildman–Crippen LogP) is -1.36. The minimum Gasteiger partial charge on any atom is -2.00 e. The average Bonchev–Trinajstić information content (AvgIpc) is 0. The fourth-order valence-corrected chi connectivity index (χ4v) is 0. The third-order valence-corrected chi connectivity index (χ3v) is 0. The van der Waals surface area contributed by atoms with Crippen LogP contribution in [0.4, 0.5) is 0 Å². The summed E-state index contributed by atoms with van der Waals surface area (Å²) in [5, 5.41) is 0. The van der Waals surface area contributed by atoms with Crippen molar-refractivity contribution in [2.75, 3.05) is 0 Å². The van der Waals surface area contributed by atoms with Crippen molar-refractivity contribution in [1.29, 1.82) is 0 Å². The number of hydrogen-bond acceptors (Lipinski definition) is 0. The van der Waals surface area contributed by atoms with Crippen molar-refractivity contribution in [3.05, 3.63) is 0 Å². The minimum atomic E-state index is 0. The van der Waals surface area contributed by atoms with Gasteiger partial charge in [-0.2, -0.15) is 0 Å². The van der Waals surface area contributed by atoms with Gasteiger partial charge in [-0.3, -0.25) is 0 Å². The molecule has 0 aliphatic carbocycles. The van der Waals surface area contributed by atoms with E-state index in [-0.39, 0.29) is 157 Å². The molecule has 0 bridgehead atoms. The van der Waals surface area contributed by atoms with Crippen molar-refractivity contribution in [2.45, 2.75) is 0 Å². The second kappa shape index (κ2) is 89.0. The van der Waals surface area contributed by atoms with Gasteiger partial charge in [-0.1, -0.05) is 0 Å². The molecular weight excluding hydrogens is 409 g/mol. The zero-order chi connectivity index (χ0) is 0. The molecule has 0 aromatic heterocycles. The van der Waals surface area contributed by atoms with Crippen molar-refractivity contribution in [3.8, 4) is 0 Å². The van der Waals surface area contributed by atoms with Gasteiger partial charge >= 0.3 is 130 Å². The zero-order valence-corrected chi connectivity index (χ0v) is 13.6. The second-order valence-electron chi connectivity index (χ2n) is 0. The Labute approximate surface area is 153 Å². The minimum absolute atomic E-state index is 0. The number of hydrogen-bond donors (Lipinski definition) is 0. The topological polar surface area (TPSA) is 142 Å². The van der Waals surface area contributed by atoms with Crippen LogP contribution in [0.2, 0.25) is 0 Å². The van der Waals surface area contributed by atoms with Gasteiger partial charge in [0.15, 0.2) is 0 Å². The first-order valence-electron chi connectivity index (χ1n) is 0. The predicted molar refractivity (Wildman–Crippen MR) is 14.9 cm³/mol. The Morgan fingerprint density at radius 2 is 0.333 bits per heavy atom. The summed E-state index contributed by atoms with van der Waals surface area (Å²) in [7, 11) is 0. The monoisotopic (exact) mass is 408 g/mol. The molecule has 0 aromatic carbocycles. The molecule has 0 rings (SSSR count). The fraction of sp³-hybridized carbons (Fsp3) is 0. The molecule has 2 radical (unpaired) electrons. The van der Waals surface area contributed by atoms with Gasteiger partial charge in [0.2, 0.25) is 0 Å². The molecule has 0 aromatic rings. The van der Waals surface area contributed by atoms with Crippen molar-refractivity contribution in [3.63, 3.8) is 0 Å². The Morgan fingerprint density at radius 1 is 0.333 bits per heavy atom. The van der Waals surface area contributed by atoms with Crippen LogP contribution in [-0.2, 0) is 27.4 Å². The quantitative estimate of drug-likeness (QED) is 0.436. The summed E-state index contributed by atoms with van der Waals surface area (Å²) < 4.78 is 0. The third kappa shape index (κ3) is 73.6. The first-order chi connectivity index (χ1) is 0. The Kier molecular flexibility index (Phi) is 1130. The Balaban J connectivity index is 0. The van der Waals surface area contributed by atoms with E-state index in [0.717, 1.165) is 0 Å². The van der Waals surface area contributed by atoms with E-state index in [2.05, 4.69) is 0 Å². The molecule has 0 saturated heterocycles. The molecule has 0 aliphatic rings. The maximum absolute atomic E-state index is 0. The molecule has 0 spiro atoms. The summed E-state index contributed by atoms with van der Waals surface area (Å²) in [6.45, 7) is 0. The maximum atomic E-state index is 0. The first kappa shape index (κ1) is 115. The van der Waals surface area contributed by atoms with Gasteiger partial charge in [-0.25, -0.2) is 0 Å². The molecule has 9 heteroatoms. The van der Waals surface area contributed by atoms with Crippen LogP contribution in [0.5, 0.6) is 0 Å². The van der Waals surface area contributed by atoms with Crippen molar-refractivity contribution in [2.24, 2.45) is 0 Å². The molecule has 0 atom stereocenters. The van der Waals surface area contributed by atoms with E-state index in [0.29, 0.717) is 0 Å². The Hall–Kier alpha value is 4.09. The number of rotatable bonds is 0. The van der Waals surface area contributed by atoms with E-state index >= 15 is 0 Å². The van der Waals surface area contributed by atoms with Gasteiger partial charge in [0.25, 0.3) is 0 Å². The summed E-state index contributed by atoms with van der Waals surface area (Å²) in [5.41, 5.74) is 0. The van der Waals surface area contributed by atoms with Crippen LogP contribution in [0.1, 0.15) is 0 Å². The standard InChI is InChI=1S/2Ce.2Mg.5O/q2*+3;2*+2;5*-2. The Morgan fingerprint density at radius 3 is 0.333 bits per heavy atom. The van der Waals surface area contributed by atoms with E-state index < -0.39 is 0 Å². The molecule has 0 saturated carbocycles. The van der Waals surface area contributed by atoms with E-state index in [9.17, 15) is 0 Å². The van der Waals surface area contributed by atoms with Crippen LogP contribution in [0.25, 0.3) is 0 Å². The van der Waals surface area contributed by atoms with Crippen LogP contribution in [0.15, 0.2) is 0 Å². The molecule has 0 unspecified atom stereocenters. The smallest absolute Gasteiger partial charge is 2.00 e. The van der Waals surface area contributed by atoms with Crippen molar-refractivity contribution in [1.82, 2.24) is 0 Å². The molecule has 0 N–H and O–H groups in total. The molecule has 0 heterocycles. The second-order valence-corrected chi connectivity index (χ2v) is 0. The van der Waals surface area contributed by atoms with Gasteiger partial charge in [-0.05, 0) is 0 Å². The van der Waals surface area contributed by atoms with E-state index in [1.807, 2.05) is 0 Å². The van der Waals surface area contributed by atoms with Crippen LogP contribution in [0, 0.1) is 83.5 Å². The maximum Gasteiger partial charge on any atom is 3.00 e. The first-order valence-corrected chi connectivity index (χ1v) is 0. The third-order valence-electron chi connectivity index (χ3n) is 0. The molecule has 0 fully saturated rings. The zero-order valence-electron chi connectivity index (χ0n) is 4.46. The van der Waals surface area contributed by atoms with Gasteiger partial charge in [0, 0.05) is 0 Å².